The van der Waals surface area contributed by atoms with Gasteiger partial charge in [0.25, 0.3) is 5.91 Å². The number of ether oxygens (including phenoxy) is 3. The monoisotopic (exact) mass is 532 g/mol. The third kappa shape index (κ3) is 6.60. The average molecular weight is 534 g/mol. The maximum absolute atomic E-state index is 13.1. The zero-order valence-corrected chi connectivity index (χ0v) is 22.7. The van der Waals surface area contributed by atoms with Crippen LogP contribution in [0.3, 0.4) is 0 Å². The van der Waals surface area contributed by atoms with Gasteiger partial charge in [-0.05, 0) is 47.1 Å². The zero-order valence-electron chi connectivity index (χ0n) is 20.4. The summed E-state index contributed by atoms with van der Waals surface area (Å²) >= 11 is 11.3. The molecule has 1 aromatic rings. The van der Waals surface area contributed by atoms with Gasteiger partial charge in [-0.3, -0.25) is 4.79 Å². The highest BCUT2D eigenvalue weighted by Gasteiger charge is 2.43. The molecule has 0 aliphatic carbocycles. The normalized spacial score (nSPS) is 24.2. The van der Waals surface area contributed by atoms with Gasteiger partial charge in [0.1, 0.15) is 17.1 Å². The van der Waals surface area contributed by atoms with Crippen molar-refractivity contribution in [2.24, 2.45) is 5.92 Å². The molecule has 0 saturated carbocycles. The molecule has 1 aromatic carbocycles. The number of benzene rings is 1. The predicted molar refractivity (Wildman–Crippen MR) is 136 cm³/mol. The van der Waals surface area contributed by atoms with Gasteiger partial charge in [0, 0.05) is 42.0 Å². The number of halogens is 2. The Morgan fingerprint density at radius 1 is 1.41 bits per heavy atom. The highest BCUT2D eigenvalue weighted by Crippen LogP contribution is 2.41. The van der Waals surface area contributed by atoms with Gasteiger partial charge in [-0.2, -0.15) is 0 Å². The topological polar surface area (TPSA) is 83.1 Å². The van der Waals surface area contributed by atoms with Crippen LogP contribution >= 0.6 is 23.2 Å². The standard InChI is InChI=1S/C24H34Cl2N2O5S/c1-7-10-31-19-12-18(26)17(25)11-16(19)21(27-34(30)23(2,3)4)15-8-9-28(13-15)22(29)20-14-32-24(5,6)33-20/h7,11-12,15,20-21,27H,1,8-10,13-14H2,2-6H3/t15-,20-,21?,34?/m1/s1. The largest absolute Gasteiger partial charge is 0.598 e. The molecular formula is C24H34Cl2N2O5S. The van der Waals surface area contributed by atoms with Crippen molar-refractivity contribution in [3.05, 3.63) is 40.4 Å². The molecule has 2 aliphatic rings. The summed E-state index contributed by atoms with van der Waals surface area (Å²) in [5, 5.41) is 0.741. The molecule has 34 heavy (non-hydrogen) atoms. The Hall–Kier alpha value is -1.00. The third-order valence-electron chi connectivity index (χ3n) is 5.83. The van der Waals surface area contributed by atoms with Crippen molar-refractivity contribution in [3.8, 4) is 5.75 Å². The summed E-state index contributed by atoms with van der Waals surface area (Å²) in [7, 11) is 0. The van der Waals surface area contributed by atoms with Crippen LogP contribution in [0.25, 0.3) is 0 Å². The Morgan fingerprint density at radius 2 is 2.09 bits per heavy atom. The second-order valence-electron chi connectivity index (χ2n) is 10.0. The lowest BCUT2D eigenvalue weighted by molar-refractivity contribution is -0.159. The molecular weight excluding hydrogens is 499 g/mol. The van der Waals surface area contributed by atoms with Gasteiger partial charge >= 0.3 is 0 Å². The highest BCUT2D eigenvalue weighted by molar-refractivity contribution is 7.90. The Kier molecular flexibility index (Phi) is 8.88. The minimum atomic E-state index is -1.37. The molecule has 2 aliphatic heterocycles. The first-order valence-corrected chi connectivity index (χ1v) is 13.2. The Balaban J connectivity index is 1.88. The maximum Gasteiger partial charge on any atom is 0.254 e. The maximum atomic E-state index is 13.1. The van der Waals surface area contributed by atoms with Crippen molar-refractivity contribution >= 4 is 40.5 Å². The van der Waals surface area contributed by atoms with E-state index in [1.807, 2.05) is 20.8 Å². The van der Waals surface area contributed by atoms with Crippen molar-refractivity contribution in [2.75, 3.05) is 26.3 Å². The lowest BCUT2D eigenvalue weighted by Crippen LogP contribution is -2.44. The van der Waals surface area contributed by atoms with E-state index in [1.165, 1.54) is 0 Å². The van der Waals surface area contributed by atoms with Gasteiger partial charge < -0.3 is 23.7 Å². The number of likely N-dealkylation sites (tertiary alicyclic amines) is 1. The first kappa shape index (κ1) is 27.6. The lowest BCUT2D eigenvalue weighted by Gasteiger charge is -2.32. The molecule has 2 heterocycles. The number of rotatable bonds is 8. The van der Waals surface area contributed by atoms with Gasteiger partial charge in [0.15, 0.2) is 11.9 Å². The smallest absolute Gasteiger partial charge is 0.254 e. The van der Waals surface area contributed by atoms with E-state index >= 15 is 0 Å². The molecule has 3 rings (SSSR count). The number of amides is 1. The number of nitrogens with one attached hydrogen (secondary N) is 1. The van der Waals surface area contributed by atoms with Crippen LogP contribution in [0.15, 0.2) is 24.8 Å². The molecule has 2 saturated heterocycles. The third-order valence-corrected chi connectivity index (χ3v) is 8.13. The summed E-state index contributed by atoms with van der Waals surface area (Å²) in [6.07, 6.45) is 1.73. The molecule has 2 fully saturated rings. The Bertz CT molecular complexity index is 908. The average Bonchev–Trinajstić information content (AvgIpc) is 3.38. The molecule has 190 valence electrons. The summed E-state index contributed by atoms with van der Waals surface area (Å²) in [6.45, 7) is 14.6. The molecule has 1 N–H and O–H groups in total. The summed E-state index contributed by atoms with van der Waals surface area (Å²) in [5.74, 6) is -0.364. The molecule has 0 radical (unpaired) electrons. The van der Waals surface area contributed by atoms with Gasteiger partial charge in [0.2, 0.25) is 0 Å². The Morgan fingerprint density at radius 3 is 2.68 bits per heavy atom. The first-order chi connectivity index (χ1) is 15.8. The van der Waals surface area contributed by atoms with Crippen molar-refractivity contribution < 1.29 is 23.6 Å². The fourth-order valence-electron chi connectivity index (χ4n) is 4.04. The molecule has 10 heteroatoms. The van der Waals surface area contributed by atoms with Crippen LogP contribution in [0, 0.1) is 5.92 Å². The van der Waals surface area contributed by atoms with Gasteiger partial charge in [-0.15, -0.1) is 4.72 Å². The van der Waals surface area contributed by atoms with Crippen LogP contribution in [-0.4, -0.2) is 58.3 Å². The summed E-state index contributed by atoms with van der Waals surface area (Å²) in [4.78, 5) is 14.9. The minimum absolute atomic E-state index is 0.0334. The van der Waals surface area contributed by atoms with Crippen LogP contribution in [0.2, 0.25) is 10.0 Å². The fraction of sp³-hybridized carbons (Fsp3) is 0.625. The van der Waals surface area contributed by atoms with Gasteiger partial charge in [-0.1, -0.05) is 35.9 Å². The molecule has 2 unspecified atom stereocenters. The van der Waals surface area contributed by atoms with E-state index in [0.717, 1.165) is 5.56 Å². The van der Waals surface area contributed by atoms with E-state index in [9.17, 15) is 9.35 Å². The van der Waals surface area contributed by atoms with Crippen LogP contribution in [0.5, 0.6) is 5.75 Å². The zero-order chi connectivity index (χ0) is 25.3. The fourth-order valence-corrected chi connectivity index (χ4v) is 5.27. The lowest BCUT2D eigenvalue weighted by atomic mass is 9.92. The second kappa shape index (κ2) is 10.9. The van der Waals surface area contributed by atoms with Crippen molar-refractivity contribution in [3.63, 3.8) is 0 Å². The van der Waals surface area contributed by atoms with Crippen LogP contribution in [-0.2, 0) is 25.6 Å². The van der Waals surface area contributed by atoms with Crippen molar-refractivity contribution in [2.45, 2.75) is 63.7 Å². The number of nitrogens with zero attached hydrogens (tertiary/aromatic N) is 1. The van der Waals surface area contributed by atoms with E-state index in [4.69, 9.17) is 37.4 Å². The van der Waals surface area contributed by atoms with Gasteiger partial charge in [0.05, 0.1) is 22.7 Å². The summed E-state index contributed by atoms with van der Waals surface area (Å²) < 4.78 is 33.2. The molecule has 4 atom stereocenters. The van der Waals surface area contributed by atoms with E-state index < -0.39 is 28.0 Å². The summed E-state index contributed by atoms with van der Waals surface area (Å²) in [5.41, 5.74) is 0.745. The minimum Gasteiger partial charge on any atom is -0.598 e. The van der Waals surface area contributed by atoms with Crippen molar-refractivity contribution in [1.82, 2.24) is 9.62 Å². The van der Waals surface area contributed by atoms with E-state index in [2.05, 4.69) is 11.3 Å². The molecule has 7 nitrogen and oxygen atoms in total. The molecule has 0 bridgehead atoms. The number of carbonyl (C=O) groups is 1. The van der Waals surface area contributed by atoms with Gasteiger partial charge in [-0.25, -0.2) is 0 Å². The quantitative estimate of drug-likeness (QED) is 0.387. The predicted octanol–water partition coefficient (Wildman–Crippen LogP) is 4.65. The van der Waals surface area contributed by atoms with Crippen LogP contribution < -0.4 is 9.46 Å². The van der Waals surface area contributed by atoms with Crippen LogP contribution in [0.4, 0.5) is 0 Å². The Labute approximate surface area is 215 Å². The molecule has 0 spiro atoms. The van der Waals surface area contributed by atoms with Crippen LogP contribution in [0.1, 0.15) is 52.6 Å². The van der Waals surface area contributed by atoms with Crippen molar-refractivity contribution in [1.29, 1.82) is 0 Å². The SMILES string of the molecule is C=CCOc1cc(Cl)c(Cl)cc1C(N[S+]([O-])C(C)(C)C)[C@@H]1CCN(C(=O)[C@H]2COC(C)(C)O2)C1. The molecule has 0 aromatic heterocycles. The summed E-state index contributed by atoms with van der Waals surface area (Å²) in [6, 6.07) is 3.03. The number of carbonyl (C=O) groups excluding carboxylic acids is 1. The highest BCUT2D eigenvalue weighted by atomic mass is 35.5. The molecule has 1 amide bonds. The van der Waals surface area contributed by atoms with E-state index in [0.29, 0.717) is 35.3 Å². The number of hydrogen-bond donors (Lipinski definition) is 1. The van der Waals surface area contributed by atoms with E-state index in [1.54, 1.807) is 37.0 Å². The second-order valence-corrected chi connectivity index (χ2v) is 12.8. The van der Waals surface area contributed by atoms with E-state index in [-0.39, 0.29) is 31.1 Å². The first-order valence-electron chi connectivity index (χ1n) is 11.3. The number of hydrogen-bond acceptors (Lipinski definition) is 6.